The highest BCUT2D eigenvalue weighted by atomic mass is 16.5. The lowest BCUT2D eigenvalue weighted by atomic mass is 10.2. The molecule has 0 spiro atoms. The first-order chi connectivity index (χ1) is 6.33. The molecule has 13 heavy (non-hydrogen) atoms. The number of ether oxygens (including phenoxy) is 2. The lowest BCUT2D eigenvalue weighted by Gasteiger charge is -2.13. The van der Waals surface area contributed by atoms with E-state index in [1.165, 1.54) is 0 Å². The summed E-state index contributed by atoms with van der Waals surface area (Å²) in [5.74, 6) is 0. The second-order valence-electron chi connectivity index (χ2n) is 3.41. The van der Waals surface area contributed by atoms with Gasteiger partial charge in [0.25, 0.3) is 0 Å². The first-order valence-electron chi connectivity index (χ1n) is 4.81. The van der Waals surface area contributed by atoms with Gasteiger partial charge in [0.05, 0.1) is 19.3 Å². The average Bonchev–Trinajstić information content (AvgIpc) is 2.57. The van der Waals surface area contributed by atoms with Crippen molar-refractivity contribution < 1.29 is 14.6 Å². The predicted molar refractivity (Wildman–Crippen MR) is 49.7 cm³/mol. The molecule has 1 rings (SSSR count). The van der Waals surface area contributed by atoms with Crippen LogP contribution in [0.25, 0.3) is 0 Å². The number of aliphatic hydroxyl groups excluding tert-OH is 1. The fourth-order valence-electron chi connectivity index (χ4n) is 1.43. The van der Waals surface area contributed by atoms with Crippen LogP contribution >= 0.6 is 0 Å². The smallest absolute Gasteiger partial charge is 0.0785 e. The fourth-order valence-corrected chi connectivity index (χ4v) is 1.43. The summed E-state index contributed by atoms with van der Waals surface area (Å²) < 4.78 is 10.0. The molecule has 2 unspecified atom stereocenters. The molecule has 1 heterocycles. The normalized spacial score (nSPS) is 24.9. The number of rotatable bonds is 6. The maximum Gasteiger partial charge on any atom is 0.0785 e. The molecule has 1 saturated heterocycles. The standard InChI is InChI=1S/C9H19NO3/c1-12-7-9(11)2-4-10-8-3-5-13-6-8/h8-11H,2-7H2,1H3. The number of hydrogen-bond acceptors (Lipinski definition) is 4. The Morgan fingerprint density at radius 1 is 1.69 bits per heavy atom. The van der Waals surface area contributed by atoms with Gasteiger partial charge < -0.3 is 19.9 Å². The molecule has 0 aliphatic carbocycles. The Hall–Kier alpha value is -0.160. The van der Waals surface area contributed by atoms with Crippen molar-refractivity contribution in [1.29, 1.82) is 0 Å². The van der Waals surface area contributed by atoms with Crippen LogP contribution in [-0.2, 0) is 9.47 Å². The van der Waals surface area contributed by atoms with Gasteiger partial charge in [-0.05, 0) is 19.4 Å². The Morgan fingerprint density at radius 2 is 2.54 bits per heavy atom. The van der Waals surface area contributed by atoms with Crippen LogP contribution in [0.1, 0.15) is 12.8 Å². The third-order valence-electron chi connectivity index (χ3n) is 2.20. The highest BCUT2D eigenvalue weighted by Gasteiger charge is 2.14. The first-order valence-corrected chi connectivity index (χ1v) is 4.81. The van der Waals surface area contributed by atoms with E-state index < -0.39 is 0 Å². The zero-order valence-electron chi connectivity index (χ0n) is 8.16. The van der Waals surface area contributed by atoms with E-state index in [1.54, 1.807) is 7.11 Å². The molecule has 1 aliphatic rings. The molecule has 1 fully saturated rings. The lowest BCUT2D eigenvalue weighted by molar-refractivity contribution is 0.0588. The quantitative estimate of drug-likeness (QED) is 0.605. The van der Waals surface area contributed by atoms with Gasteiger partial charge in [-0.1, -0.05) is 0 Å². The minimum atomic E-state index is -0.347. The Labute approximate surface area is 79.2 Å². The average molecular weight is 189 g/mol. The van der Waals surface area contributed by atoms with E-state index in [9.17, 15) is 5.11 Å². The maximum absolute atomic E-state index is 9.33. The zero-order chi connectivity index (χ0) is 9.52. The van der Waals surface area contributed by atoms with E-state index in [1.807, 2.05) is 0 Å². The minimum Gasteiger partial charge on any atom is -0.391 e. The van der Waals surface area contributed by atoms with Crippen molar-refractivity contribution in [2.45, 2.75) is 25.0 Å². The van der Waals surface area contributed by atoms with Crippen LogP contribution in [0.3, 0.4) is 0 Å². The maximum atomic E-state index is 9.33. The largest absolute Gasteiger partial charge is 0.391 e. The van der Waals surface area contributed by atoms with Crippen molar-refractivity contribution in [2.75, 3.05) is 33.5 Å². The molecule has 4 heteroatoms. The lowest BCUT2D eigenvalue weighted by Crippen LogP contribution is -2.32. The topological polar surface area (TPSA) is 50.7 Å². The van der Waals surface area contributed by atoms with E-state index in [-0.39, 0.29) is 6.10 Å². The number of hydrogen-bond donors (Lipinski definition) is 2. The second kappa shape index (κ2) is 6.32. The van der Waals surface area contributed by atoms with Crippen LogP contribution in [0.2, 0.25) is 0 Å². The zero-order valence-corrected chi connectivity index (χ0v) is 8.16. The van der Waals surface area contributed by atoms with Gasteiger partial charge >= 0.3 is 0 Å². The molecule has 2 atom stereocenters. The molecule has 0 bridgehead atoms. The molecule has 0 amide bonds. The summed E-state index contributed by atoms with van der Waals surface area (Å²) in [6, 6.07) is 0.481. The van der Waals surface area contributed by atoms with Crippen molar-refractivity contribution in [2.24, 2.45) is 0 Å². The predicted octanol–water partition coefficient (Wildman–Crippen LogP) is -0.238. The van der Waals surface area contributed by atoms with Gasteiger partial charge in [0.1, 0.15) is 0 Å². The summed E-state index contributed by atoms with van der Waals surface area (Å²) in [5.41, 5.74) is 0. The molecule has 1 aliphatic heterocycles. The van der Waals surface area contributed by atoms with Crippen molar-refractivity contribution in [3.8, 4) is 0 Å². The van der Waals surface area contributed by atoms with E-state index in [4.69, 9.17) is 9.47 Å². The van der Waals surface area contributed by atoms with Gasteiger partial charge in [0, 0.05) is 19.8 Å². The molecule has 0 aromatic carbocycles. The first kappa shape index (κ1) is 10.9. The van der Waals surface area contributed by atoms with Crippen molar-refractivity contribution in [3.63, 3.8) is 0 Å². The number of aliphatic hydroxyl groups is 1. The van der Waals surface area contributed by atoms with Gasteiger partial charge in [-0.3, -0.25) is 0 Å². The Balaban J connectivity index is 1.93. The van der Waals surface area contributed by atoms with Crippen molar-refractivity contribution in [3.05, 3.63) is 0 Å². The molecule has 4 nitrogen and oxygen atoms in total. The highest BCUT2D eigenvalue weighted by molar-refractivity contribution is 4.71. The van der Waals surface area contributed by atoms with Crippen molar-refractivity contribution in [1.82, 2.24) is 5.32 Å². The molecule has 0 saturated carbocycles. The third kappa shape index (κ3) is 4.57. The van der Waals surface area contributed by atoms with Crippen LogP contribution in [0.4, 0.5) is 0 Å². The van der Waals surface area contributed by atoms with Crippen molar-refractivity contribution >= 4 is 0 Å². The van der Waals surface area contributed by atoms with Gasteiger partial charge in [-0.15, -0.1) is 0 Å². The molecule has 0 aromatic heterocycles. The molecule has 0 radical (unpaired) electrons. The Kier molecular flexibility index (Phi) is 5.31. The molecule has 2 N–H and O–H groups in total. The second-order valence-corrected chi connectivity index (χ2v) is 3.41. The number of nitrogens with one attached hydrogen (secondary N) is 1. The number of methoxy groups -OCH3 is 1. The van der Waals surface area contributed by atoms with Crippen LogP contribution in [-0.4, -0.2) is 50.7 Å². The molecular formula is C9H19NO3. The third-order valence-corrected chi connectivity index (χ3v) is 2.20. The van der Waals surface area contributed by atoms with Gasteiger partial charge in [-0.2, -0.15) is 0 Å². The monoisotopic (exact) mass is 189 g/mol. The highest BCUT2D eigenvalue weighted by Crippen LogP contribution is 2.03. The van der Waals surface area contributed by atoms with Crippen LogP contribution in [0.5, 0.6) is 0 Å². The summed E-state index contributed by atoms with van der Waals surface area (Å²) in [6.45, 7) is 2.92. The summed E-state index contributed by atoms with van der Waals surface area (Å²) in [7, 11) is 1.60. The summed E-state index contributed by atoms with van der Waals surface area (Å²) in [5, 5.41) is 12.7. The van der Waals surface area contributed by atoms with Crippen LogP contribution < -0.4 is 5.32 Å². The summed E-state index contributed by atoms with van der Waals surface area (Å²) in [6.07, 6.45) is 1.48. The SMILES string of the molecule is COCC(O)CCNC1CCOC1. The molecular weight excluding hydrogens is 170 g/mol. The summed E-state index contributed by atoms with van der Waals surface area (Å²) in [4.78, 5) is 0. The molecule has 78 valence electrons. The van der Waals surface area contributed by atoms with E-state index in [2.05, 4.69) is 5.32 Å². The summed E-state index contributed by atoms with van der Waals surface area (Å²) >= 11 is 0. The van der Waals surface area contributed by atoms with E-state index in [0.717, 1.165) is 32.6 Å². The van der Waals surface area contributed by atoms with Gasteiger partial charge in [0.2, 0.25) is 0 Å². The Morgan fingerprint density at radius 3 is 3.15 bits per heavy atom. The molecule has 0 aromatic rings. The van der Waals surface area contributed by atoms with Crippen LogP contribution in [0, 0.1) is 0 Å². The minimum absolute atomic E-state index is 0.347. The fraction of sp³-hybridized carbons (Fsp3) is 1.00. The van der Waals surface area contributed by atoms with Gasteiger partial charge in [-0.25, -0.2) is 0 Å². The van der Waals surface area contributed by atoms with Crippen LogP contribution in [0.15, 0.2) is 0 Å². The van der Waals surface area contributed by atoms with Gasteiger partial charge in [0.15, 0.2) is 0 Å². The Bertz CT molecular complexity index is 126. The van der Waals surface area contributed by atoms with E-state index in [0.29, 0.717) is 12.6 Å². The van der Waals surface area contributed by atoms with E-state index >= 15 is 0 Å².